The van der Waals surface area contributed by atoms with Gasteiger partial charge in [0.25, 0.3) is 0 Å². The lowest BCUT2D eigenvalue weighted by molar-refractivity contribution is -0.133. The fraction of sp³-hybridized carbons (Fsp3) is 0.562. The normalized spacial score (nSPS) is 19.9. The molecule has 1 aliphatic heterocycles. The molecule has 1 heterocycles. The van der Waals surface area contributed by atoms with Gasteiger partial charge in [-0.2, -0.15) is 4.31 Å². The molecule has 0 N–H and O–H groups in total. The maximum absolute atomic E-state index is 12.9. The van der Waals surface area contributed by atoms with Crippen molar-refractivity contribution < 1.29 is 13.2 Å². The Morgan fingerprint density at radius 3 is 2.32 bits per heavy atom. The van der Waals surface area contributed by atoms with Crippen LogP contribution in [0.4, 0.5) is 0 Å². The van der Waals surface area contributed by atoms with Gasteiger partial charge >= 0.3 is 0 Å². The molecule has 0 aliphatic carbocycles. The van der Waals surface area contributed by atoms with Gasteiger partial charge in [0, 0.05) is 19.5 Å². The van der Waals surface area contributed by atoms with E-state index in [0.29, 0.717) is 19.5 Å². The number of aryl methyl sites for hydroxylation is 1. The van der Waals surface area contributed by atoms with E-state index in [1.165, 1.54) is 4.31 Å². The number of hydrogen-bond donors (Lipinski definition) is 0. The van der Waals surface area contributed by atoms with E-state index in [4.69, 9.17) is 0 Å². The van der Waals surface area contributed by atoms with Crippen LogP contribution in [0, 0.1) is 12.8 Å². The Hall–Kier alpha value is -1.40. The first kappa shape index (κ1) is 17.0. The van der Waals surface area contributed by atoms with Gasteiger partial charge in [0.15, 0.2) is 0 Å². The number of hydrogen-bond acceptors (Lipinski definition) is 3. The summed E-state index contributed by atoms with van der Waals surface area (Å²) < 4.78 is 27.3. The molecule has 122 valence electrons. The number of carbonyl (C=O) groups excluding carboxylic acids is 1. The highest BCUT2D eigenvalue weighted by atomic mass is 32.2. The van der Waals surface area contributed by atoms with Gasteiger partial charge in [0.1, 0.15) is 6.17 Å². The summed E-state index contributed by atoms with van der Waals surface area (Å²) in [6.07, 6.45) is -0.0134. The van der Waals surface area contributed by atoms with Gasteiger partial charge in [-0.05, 0) is 25.0 Å². The summed E-state index contributed by atoms with van der Waals surface area (Å²) >= 11 is 0. The SMILES string of the molecule is CCC(=O)N1CCN(S(=O)(=O)c2ccc(C)cc2)[C@H]1C(C)C. The lowest BCUT2D eigenvalue weighted by Gasteiger charge is -2.32. The Balaban J connectivity index is 2.38. The van der Waals surface area contributed by atoms with Crippen LogP contribution in [-0.2, 0) is 14.8 Å². The zero-order chi connectivity index (χ0) is 16.5. The molecule has 5 nitrogen and oxygen atoms in total. The lowest BCUT2D eigenvalue weighted by Crippen LogP contribution is -2.47. The van der Waals surface area contributed by atoms with E-state index in [2.05, 4.69) is 0 Å². The van der Waals surface area contributed by atoms with Crippen LogP contribution in [0.1, 0.15) is 32.8 Å². The minimum atomic E-state index is -3.58. The number of amides is 1. The van der Waals surface area contributed by atoms with Gasteiger partial charge in [-0.25, -0.2) is 8.42 Å². The molecule has 1 saturated heterocycles. The molecule has 22 heavy (non-hydrogen) atoms. The third-order valence-corrected chi connectivity index (χ3v) is 5.91. The Labute approximate surface area is 133 Å². The fourth-order valence-electron chi connectivity index (χ4n) is 2.90. The molecule has 0 aromatic heterocycles. The molecule has 0 bridgehead atoms. The van der Waals surface area contributed by atoms with Crippen molar-refractivity contribution in [2.24, 2.45) is 5.92 Å². The smallest absolute Gasteiger partial charge is 0.244 e. The van der Waals surface area contributed by atoms with Gasteiger partial charge in [-0.15, -0.1) is 0 Å². The van der Waals surface area contributed by atoms with Crippen molar-refractivity contribution in [2.45, 2.75) is 45.2 Å². The predicted octanol–water partition coefficient (Wildman–Crippen LogP) is 2.22. The summed E-state index contributed by atoms with van der Waals surface area (Å²) in [6, 6.07) is 6.85. The van der Waals surface area contributed by atoms with Gasteiger partial charge in [-0.3, -0.25) is 4.79 Å². The summed E-state index contributed by atoms with van der Waals surface area (Å²) in [5, 5.41) is 0. The highest BCUT2D eigenvalue weighted by molar-refractivity contribution is 7.89. The van der Waals surface area contributed by atoms with Crippen molar-refractivity contribution in [3.63, 3.8) is 0 Å². The maximum Gasteiger partial charge on any atom is 0.244 e. The lowest BCUT2D eigenvalue weighted by atomic mass is 10.1. The van der Waals surface area contributed by atoms with Crippen molar-refractivity contribution in [3.05, 3.63) is 29.8 Å². The standard InChI is InChI=1S/C16H24N2O3S/c1-5-15(19)17-10-11-18(16(17)12(2)3)22(20,21)14-8-6-13(4)7-9-14/h6-9,12,16H,5,10-11H2,1-4H3/t16-/m0/s1. The van der Waals surface area contributed by atoms with E-state index in [1.807, 2.05) is 20.8 Å². The largest absolute Gasteiger partial charge is 0.324 e. The van der Waals surface area contributed by atoms with Crippen LogP contribution in [0.5, 0.6) is 0 Å². The van der Waals surface area contributed by atoms with Crippen LogP contribution < -0.4 is 0 Å². The molecule has 1 aromatic carbocycles. The molecule has 1 amide bonds. The average Bonchev–Trinajstić information content (AvgIpc) is 2.92. The minimum absolute atomic E-state index is 0.000283. The molecule has 6 heteroatoms. The first-order valence-corrected chi connectivity index (χ1v) is 9.11. The van der Waals surface area contributed by atoms with E-state index >= 15 is 0 Å². The second-order valence-electron chi connectivity index (χ2n) is 6.03. The molecular formula is C16H24N2O3S. The summed E-state index contributed by atoms with van der Waals surface area (Å²) in [5.41, 5.74) is 1.02. The maximum atomic E-state index is 12.9. The number of rotatable bonds is 4. The van der Waals surface area contributed by atoms with Gasteiger partial charge in [0.05, 0.1) is 4.90 Å². The monoisotopic (exact) mass is 324 g/mol. The summed E-state index contributed by atoms with van der Waals surface area (Å²) in [6.45, 7) is 8.43. The topological polar surface area (TPSA) is 57.7 Å². The van der Waals surface area contributed by atoms with E-state index in [1.54, 1.807) is 36.1 Å². The second-order valence-corrected chi connectivity index (χ2v) is 7.92. The van der Waals surface area contributed by atoms with Gasteiger partial charge in [-0.1, -0.05) is 38.5 Å². The molecular weight excluding hydrogens is 300 g/mol. The van der Waals surface area contributed by atoms with Crippen LogP contribution in [0.2, 0.25) is 0 Å². The number of sulfonamides is 1. The molecule has 0 spiro atoms. The molecule has 0 radical (unpaired) electrons. The van der Waals surface area contributed by atoms with Crippen LogP contribution in [0.15, 0.2) is 29.2 Å². The van der Waals surface area contributed by atoms with E-state index in [0.717, 1.165) is 5.56 Å². The van der Waals surface area contributed by atoms with Gasteiger partial charge in [0.2, 0.25) is 15.9 Å². The quantitative estimate of drug-likeness (QED) is 0.853. The van der Waals surface area contributed by atoms with Crippen molar-refractivity contribution in [3.8, 4) is 0 Å². The average molecular weight is 324 g/mol. The first-order valence-electron chi connectivity index (χ1n) is 7.67. The molecule has 1 atom stereocenters. The first-order chi connectivity index (χ1) is 10.3. The number of nitrogens with zero attached hydrogens (tertiary/aromatic N) is 2. The summed E-state index contributed by atoms with van der Waals surface area (Å²) in [5.74, 6) is 0.0403. The van der Waals surface area contributed by atoms with Crippen LogP contribution in [-0.4, -0.2) is 42.8 Å². The third kappa shape index (κ3) is 3.03. The summed E-state index contributed by atoms with van der Waals surface area (Å²) in [7, 11) is -3.58. The fourth-order valence-corrected chi connectivity index (χ4v) is 4.62. The predicted molar refractivity (Wildman–Crippen MR) is 85.7 cm³/mol. The van der Waals surface area contributed by atoms with Crippen molar-refractivity contribution in [1.29, 1.82) is 0 Å². The molecule has 1 fully saturated rings. The minimum Gasteiger partial charge on any atom is -0.324 e. The highest BCUT2D eigenvalue weighted by Gasteiger charge is 2.43. The van der Waals surface area contributed by atoms with Crippen molar-refractivity contribution >= 4 is 15.9 Å². The number of benzene rings is 1. The van der Waals surface area contributed by atoms with E-state index in [9.17, 15) is 13.2 Å². The molecule has 1 aliphatic rings. The second kappa shape index (κ2) is 6.38. The zero-order valence-corrected chi connectivity index (χ0v) is 14.4. The van der Waals surface area contributed by atoms with E-state index in [-0.39, 0.29) is 16.7 Å². The zero-order valence-electron chi connectivity index (χ0n) is 13.6. The molecule has 2 rings (SSSR count). The Morgan fingerprint density at radius 1 is 1.23 bits per heavy atom. The van der Waals surface area contributed by atoms with Crippen molar-refractivity contribution in [2.75, 3.05) is 13.1 Å². The van der Waals surface area contributed by atoms with Crippen LogP contribution in [0.3, 0.4) is 0 Å². The molecule has 0 saturated carbocycles. The number of carbonyl (C=O) groups is 1. The molecule has 0 unspecified atom stereocenters. The van der Waals surface area contributed by atoms with Crippen LogP contribution >= 0.6 is 0 Å². The molecule has 1 aromatic rings. The highest BCUT2D eigenvalue weighted by Crippen LogP contribution is 2.29. The van der Waals surface area contributed by atoms with E-state index < -0.39 is 16.2 Å². The van der Waals surface area contributed by atoms with Crippen LogP contribution in [0.25, 0.3) is 0 Å². The van der Waals surface area contributed by atoms with Gasteiger partial charge < -0.3 is 4.90 Å². The third-order valence-electron chi connectivity index (χ3n) is 4.02. The summed E-state index contributed by atoms with van der Waals surface area (Å²) in [4.78, 5) is 14.1. The Kier molecular flexibility index (Phi) is 4.92. The Morgan fingerprint density at radius 2 is 1.82 bits per heavy atom. The Bertz CT molecular complexity index is 638. The van der Waals surface area contributed by atoms with Crippen molar-refractivity contribution in [1.82, 2.24) is 9.21 Å².